The van der Waals surface area contributed by atoms with E-state index in [9.17, 15) is 9.59 Å². The van der Waals surface area contributed by atoms with E-state index in [2.05, 4.69) is 10.6 Å². The van der Waals surface area contributed by atoms with Gasteiger partial charge in [-0.05, 0) is 24.1 Å². The predicted octanol–water partition coefficient (Wildman–Crippen LogP) is -0.184. The van der Waals surface area contributed by atoms with E-state index in [4.69, 9.17) is 15.6 Å². The fourth-order valence-corrected chi connectivity index (χ4v) is 1.66. The zero-order chi connectivity index (χ0) is 15.5. The first kappa shape index (κ1) is 17.1. The van der Waals surface area contributed by atoms with E-state index in [1.54, 1.807) is 24.3 Å². The average Bonchev–Trinajstić information content (AvgIpc) is 2.52. The van der Waals surface area contributed by atoms with E-state index in [-0.39, 0.29) is 6.42 Å². The second-order valence-electron chi connectivity index (χ2n) is 4.47. The summed E-state index contributed by atoms with van der Waals surface area (Å²) in [6.07, 6.45) is 0.856. The number of nitrogens with one attached hydrogen (secondary N) is 2. The largest absolute Gasteiger partial charge is 0.480 e. The Labute approximate surface area is 123 Å². The molecule has 0 radical (unpaired) electrons. The molecule has 5 N–H and O–H groups in total. The van der Waals surface area contributed by atoms with E-state index in [1.807, 2.05) is 0 Å². The standard InChI is InChI=1S/C10H12N2O3.C4H9NO/c11-9(10(14)15)5-7-1-3-8(4-2-7)12-6-13;1-3-6-4-2-5-1/h1-4,6,9H,5,11H2,(H,12,13)(H,14,15);5H,1-4H2. The number of carbonyl (C=O) groups excluding carboxylic acids is 1. The lowest BCUT2D eigenvalue weighted by atomic mass is 10.1. The fraction of sp³-hybridized carbons (Fsp3) is 0.429. The number of aliphatic carboxylic acids is 1. The van der Waals surface area contributed by atoms with Crippen LogP contribution in [0.2, 0.25) is 0 Å². The zero-order valence-corrected chi connectivity index (χ0v) is 11.7. The summed E-state index contributed by atoms with van der Waals surface area (Å²) in [5, 5.41) is 14.2. The molecule has 1 aliphatic rings. The molecule has 1 saturated heterocycles. The molecular weight excluding hydrogens is 274 g/mol. The third kappa shape index (κ3) is 7.40. The van der Waals surface area contributed by atoms with Crippen molar-refractivity contribution in [2.45, 2.75) is 12.5 Å². The van der Waals surface area contributed by atoms with Crippen molar-refractivity contribution in [2.24, 2.45) is 5.73 Å². The minimum absolute atomic E-state index is 0.275. The highest BCUT2D eigenvalue weighted by Crippen LogP contribution is 2.09. The number of hydrogen-bond acceptors (Lipinski definition) is 5. The molecule has 1 atom stereocenters. The third-order valence-corrected chi connectivity index (χ3v) is 2.80. The van der Waals surface area contributed by atoms with Gasteiger partial charge in [-0.1, -0.05) is 12.1 Å². The van der Waals surface area contributed by atoms with Crippen LogP contribution in [-0.2, 0) is 20.7 Å². The number of ether oxygens (including phenoxy) is 1. The molecular formula is C14H21N3O4. The molecule has 0 bridgehead atoms. The monoisotopic (exact) mass is 295 g/mol. The number of carbonyl (C=O) groups is 2. The van der Waals surface area contributed by atoms with Crippen LogP contribution in [0.25, 0.3) is 0 Å². The fourth-order valence-electron chi connectivity index (χ4n) is 1.66. The summed E-state index contributed by atoms with van der Waals surface area (Å²) >= 11 is 0. The highest BCUT2D eigenvalue weighted by molar-refractivity contribution is 5.74. The van der Waals surface area contributed by atoms with E-state index in [0.29, 0.717) is 12.1 Å². The molecule has 0 spiro atoms. The van der Waals surface area contributed by atoms with Crippen molar-refractivity contribution in [3.05, 3.63) is 29.8 Å². The average molecular weight is 295 g/mol. The smallest absolute Gasteiger partial charge is 0.320 e. The summed E-state index contributed by atoms with van der Waals surface area (Å²) in [6, 6.07) is 5.95. The highest BCUT2D eigenvalue weighted by atomic mass is 16.5. The quantitative estimate of drug-likeness (QED) is 0.560. The minimum Gasteiger partial charge on any atom is -0.480 e. The van der Waals surface area contributed by atoms with Crippen molar-refractivity contribution in [1.82, 2.24) is 5.32 Å². The first-order valence-electron chi connectivity index (χ1n) is 6.69. The third-order valence-electron chi connectivity index (χ3n) is 2.80. The van der Waals surface area contributed by atoms with Crippen LogP contribution in [0.4, 0.5) is 5.69 Å². The van der Waals surface area contributed by atoms with Crippen LogP contribution in [0.15, 0.2) is 24.3 Å². The van der Waals surface area contributed by atoms with E-state index >= 15 is 0 Å². The predicted molar refractivity (Wildman–Crippen MR) is 79.1 cm³/mol. The summed E-state index contributed by atoms with van der Waals surface area (Å²) in [6.45, 7) is 3.83. The molecule has 0 aromatic heterocycles. The molecule has 7 heteroatoms. The molecule has 7 nitrogen and oxygen atoms in total. The number of nitrogens with two attached hydrogens (primary N) is 1. The van der Waals surface area contributed by atoms with E-state index < -0.39 is 12.0 Å². The van der Waals surface area contributed by atoms with Gasteiger partial charge < -0.3 is 26.2 Å². The van der Waals surface area contributed by atoms with Gasteiger partial charge in [-0.15, -0.1) is 0 Å². The summed E-state index contributed by atoms with van der Waals surface area (Å²) in [7, 11) is 0. The van der Waals surface area contributed by atoms with Crippen LogP contribution < -0.4 is 16.4 Å². The lowest BCUT2D eigenvalue weighted by molar-refractivity contribution is -0.138. The van der Waals surface area contributed by atoms with Crippen LogP contribution in [0, 0.1) is 0 Å². The van der Waals surface area contributed by atoms with Crippen LogP contribution in [0.5, 0.6) is 0 Å². The minimum atomic E-state index is -1.02. The Bertz CT molecular complexity index is 421. The Balaban J connectivity index is 0.000000304. The molecule has 1 amide bonds. The molecule has 1 aromatic carbocycles. The number of rotatable bonds is 5. The molecule has 1 fully saturated rings. The molecule has 1 aromatic rings. The molecule has 1 heterocycles. The number of carboxylic acids is 1. The summed E-state index contributed by atoms with van der Waals surface area (Å²) in [5.74, 6) is -1.02. The van der Waals surface area contributed by atoms with Gasteiger partial charge in [-0.2, -0.15) is 0 Å². The maximum absolute atomic E-state index is 10.5. The molecule has 21 heavy (non-hydrogen) atoms. The van der Waals surface area contributed by atoms with Gasteiger partial charge in [0.15, 0.2) is 0 Å². The highest BCUT2D eigenvalue weighted by Gasteiger charge is 2.11. The maximum atomic E-state index is 10.5. The van der Waals surface area contributed by atoms with Gasteiger partial charge in [-0.3, -0.25) is 9.59 Å². The lowest BCUT2D eigenvalue weighted by Crippen LogP contribution is -2.32. The number of benzene rings is 1. The van der Waals surface area contributed by atoms with Crippen LogP contribution in [0.3, 0.4) is 0 Å². The Hall–Kier alpha value is -1.96. The van der Waals surface area contributed by atoms with Gasteiger partial charge in [-0.25, -0.2) is 0 Å². The van der Waals surface area contributed by atoms with Gasteiger partial charge in [0.25, 0.3) is 0 Å². The van der Waals surface area contributed by atoms with Crippen LogP contribution in [0.1, 0.15) is 5.56 Å². The number of hydrogen-bond donors (Lipinski definition) is 4. The van der Waals surface area contributed by atoms with Gasteiger partial charge >= 0.3 is 5.97 Å². The molecule has 2 rings (SSSR count). The molecule has 1 aliphatic heterocycles. The van der Waals surface area contributed by atoms with E-state index in [0.717, 1.165) is 31.9 Å². The normalized spacial score (nSPS) is 15.3. The second kappa shape index (κ2) is 9.87. The van der Waals surface area contributed by atoms with Gasteiger partial charge in [0.2, 0.25) is 6.41 Å². The first-order valence-corrected chi connectivity index (χ1v) is 6.69. The van der Waals surface area contributed by atoms with Crippen molar-refractivity contribution in [1.29, 1.82) is 0 Å². The SMILES string of the molecule is C1COCCN1.NC(Cc1ccc(NC=O)cc1)C(=O)O. The van der Waals surface area contributed by atoms with Crippen LogP contribution in [-0.4, -0.2) is 49.8 Å². The summed E-state index contributed by atoms with van der Waals surface area (Å²) in [5.41, 5.74) is 6.86. The molecule has 116 valence electrons. The molecule has 0 saturated carbocycles. The molecule has 0 aliphatic carbocycles. The Kier molecular flexibility index (Phi) is 8.03. The number of carboxylic acid groups (broad SMARTS) is 1. The number of amides is 1. The van der Waals surface area contributed by atoms with Gasteiger partial charge in [0, 0.05) is 18.8 Å². The van der Waals surface area contributed by atoms with Crippen molar-refractivity contribution in [3.63, 3.8) is 0 Å². The Morgan fingerprint density at radius 2 is 2.00 bits per heavy atom. The number of anilines is 1. The summed E-state index contributed by atoms with van der Waals surface area (Å²) < 4.78 is 5.01. The van der Waals surface area contributed by atoms with Crippen LogP contribution >= 0.6 is 0 Å². The Morgan fingerprint density at radius 3 is 2.38 bits per heavy atom. The zero-order valence-electron chi connectivity index (χ0n) is 11.7. The second-order valence-corrected chi connectivity index (χ2v) is 4.47. The van der Waals surface area contributed by atoms with Gasteiger partial charge in [0.1, 0.15) is 6.04 Å². The molecule has 1 unspecified atom stereocenters. The first-order chi connectivity index (χ1) is 10.1. The van der Waals surface area contributed by atoms with Gasteiger partial charge in [0.05, 0.1) is 13.2 Å². The van der Waals surface area contributed by atoms with E-state index in [1.165, 1.54) is 0 Å². The van der Waals surface area contributed by atoms with Crippen molar-refractivity contribution >= 4 is 18.1 Å². The number of morpholine rings is 1. The maximum Gasteiger partial charge on any atom is 0.320 e. The van der Waals surface area contributed by atoms with Crippen molar-refractivity contribution in [2.75, 3.05) is 31.6 Å². The summed E-state index contributed by atoms with van der Waals surface area (Å²) in [4.78, 5) is 20.6. The van der Waals surface area contributed by atoms with Crippen molar-refractivity contribution < 1.29 is 19.4 Å². The van der Waals surface area contributed by atoms with Crippen molar-refractivity contribution in [3.8, 4) is 0 Å². The lowest BCUT2D eigenvalue weighted by Gasteiger charge is -2.10. The Morgan fingerprint density at radius 1 is 1.38 bits per heavy atom. The topological polar surface area (TPSA) is 114 Å².